The molecule has 0 radical (unpaired) electrons. The minimum atomic E-state index is -0.745. The Balaban J connectivity index is 2.24. The zero-order valence-electron chi connectivity index (χ0n) is 13.8. The number of benzene rings is 2. The van der Waals surface area contributed by atoms with E-state index in [0.29, 0.717) is 5.56 Å². The lowest BCUT2D eigenvalue weighted by Crippen LogP contribution is -2.07. The summed E-state index contributed by atoms with van der Waals surface area (Å²) in [5.74, 6) is -1.12. The molecule has 3 N–H and O–H groups in total. The van der Waals surface area contributed by atoms with Crippen molar-refractivity contribution < 1.29 is 19.2 Å². The quantitative estimate of drug-likeness (QED) is 0.314. The number of aromatic amines is 1. The first-order valence-electron chi connectivity index (χ1n) is 7.80. The highest BCUT2D eigenvalue weighted by atomic mass is 16.6. The molecule has 0 saturated heterocycles. The van der Waals surface area contributed by atoms with Crippen molar-refractivity contribution >= 4 is 34.0 Å². The van der Waals surface area contributed by atoms with Gasteiger partial charge in [-0.3, -0.25) is 14.9 Å². The Morgan fingerprint density at radius 3 is 2.54 bits per heavy atom. The normalized spacial score (nSPS) is 10.7. The van der Waals surface area contributed by atoms with Gasteiger partial charge in [0, 0.05) is 23.1 Å². The number of carbonyl (C=O) groups excluding carboxylic acids is 2. The second-order valence-corrected chi connectivity index (χ2v) is 5.50. The van der Waals surface area contributed by atoms with Crippen molar-refractivity contribution in [3.63, 3.8) is 0 Å². The summed E-state index contributed by atoms with van der Waals surface area (Å²) < 4.78 is 4.96. The first kappa shape index (κ1) is 17.2. The summed E-state index contributed by atoms with van der Waals surface area (Å²) in [5, 5.41) is 11.4. The van der Waals surface area contributed by atoms with Gasteiger partial charge in [0.2, 0.25) is 5.78 Å². The van der Waals surface area contributed by atoms with Crippen molar-refractivity contribution in [3.8, 4) is 0 Å². The van der Waals surface area contributed by atoms with E-state index in [4.69, 9.17) is 10.5 Å². The molecule has 26 heavy (non-hydrogen) atoms. The molecule has 8 nitrogen and oxygen atoms in total. The van der Waals surface area contributed by atoms with Gasteiger partial charge in [-0.2, -0.15) is 0 Å². The molecule has 2 aromatic carbocycles. The SMILES string of the molecule is CCOC(=O)c1cc([N+](=O)[O-])cc2[nH]c(C(=O)c3ccccc3)c(N)c12. The van der Waals surface area contributed by atoms with Gasteiger partial charge in [-0.1, -0.05) is 30.3 Å². The van der Waals surface area contributed by atoms with Crippen LogP contribution < -0.4 is 5.73 Å². The fraction of sp³-hybridized carbons (Fsp3) is 0.111. The number of ketones is 1. The standard InChI is InChI=1S/C18H15N3O5/c1-2-26-18(23)12-8-11(21(24)25)9-13-14(12)15(19)16(20-13)17(22)10-6-4-3-5-7-10/h3-9,20H,2,19H2,1H3. The highest BCUT2D eigenvalue weighted by molar-refractivity contribution is 6.19. The van der Waals surface area contributed by atoms with E-state index in [2.05, 4.69) is 4.98 Å². The molecule has 0 aliphatic heterocycles. The molecule has 3 aromatic rings. The van der Waals surface area contributed by atoms with Crippen molar-refractivity contribution in [2.24, 2.45) is 0 Å². The third-order valence-corrected chi connectivity index (χ3v) is 3.89. The molecule has 0 amide bonds. The Morgan fingerprint density at radius 1 is 1.23 bits per heavy atom. The van der Waals surface area contributed by atoms with Crippen LogP contribution in [-0.4, -0.2) is 28.3 Å². The number of nitrogens with one attached hydrogen (secondary N) is 1. The zero-order chi connectivity index (χ0) is 18.8. The fourth-order valence-corrected chi connectivity index (χ4v) is 2.73. The van der Waals surface area contributed by atoms with Crippen molar-refractivity contribution in [3.05, 3.63) is 69.4 Å². The van der Waals surface area contributed by atoms with Gasteiger partial charge in [-0.05, 0) is 6.92 Å². The Bertz CT molecular complexity index is 1020. The number of nitrogen functional groups attached to an aromatic ring is 1. The molecule has 0 aliphatic rings. The van der Waals surface area contributed by atoms with Crippen LogP contribution >= 0.6 is 0 Å². The number of nitrogens with two attached hydrogens (primary N) is 1. The van der Waals surface area contributed by atoms with E-state index in [1.165, 1.54) is 6.07 Å². The number of nitro benzene ring substituents is 1. The first-order chi connectivity index (χ1) is 12.4. The maximum atomic E-state index is 12.7. The largest absolute Gasteiger partial charge is 0.462 e. The van der Waals surface area contributed by atoms with E-state index in [0.717, 1.165) is 6.07 Å². The number of ether oxygens (including phenoxy) is 1. The monoisotopic (exact) mass is 353 g/mol. The van der Waals surface area contributed by atoms with Gasteiger partial charge in [-0.25, -0.2) is 4.79 Å². The van der Waals surface area contributed by atoms with Crippen LogP contribution in [0, 0.1) is 10.1 Å². The van der Waals surface area contributed by atoms with Crippen LogP contribution in [0.15, 0.2) is 42.5 Å². The highest BCUT2D eigenvalue weighted by Gasteiger charge is 2.25. The lowest BCUT2D eigenvalue weighted by atomic mass is 10.0. The first-order valence-corrected chi connectivity index (χ1v) is 7.80. The number of nitro groups is 1. The second kappa shape index (κ2) is 6.67. The molecule has 0 unspecified atom stereocenters. The summed E-state index contributed by atoms with van der Waals surface area (Å²) in [6.07, 6.45) is 0. The number of hydrogen-bond donors (Lipinski definition) is 2. The molecule has 0 spiro atoms. The molecule has 1 heterocycles. The van der Waals surface area contributed by atoms with Gasteiger partial charge in [0.25, 0.3) is 5.69 Å². The van der Waals surface area contributed by atoms with E-state index >= 15 is 0 Å². The Morgan fingerprint density at radius 2 is 1.92 bits per heavy atom. The van der Waals surface area contributed by atoms with Crippen molar-refractivity contribution in [1.82, 2.24) is 4.98 Å². The summed E-state index contributed by atoms with van der Waals surface area (Å²) >= 11 is 0. The maximum Gasteiger partial charge on any atom is 0.339 e. The number of carbonyl (C=O) groups is 2. The Hall–Kier alpha value is -3.68. The minimum Gasteiger partial charge on any atom is -0.462 e. The number of esters is 1. The molecule has 132 valence electrons. The van der Waals surface area contributed by atoms with E-state index in [-0.39, 0.29) is 45.9 Å². The van der Waals surface area contributed by atoms with Gasteiger partial charge < -0.3 is 15.5 Å². The molecule has 0 fully saturated rings. The number of aromatic nitrogens is 1. The van der Waals surface area contributed by atoms with Crippen molar-refractivity contribution in [2.45, 2.75) is 6.92 Å². The van der Waals surface area contributed by atoms with Crippen molar-refractivity contribution in [1.29, 1.82) is 0 Å². The van der Waals surface area contributed by atoms with Gasteiger partial charge >= 0.3 is 5.97 Å². The van der Waals surface area contributed by atoms with E-state index in [1.807, 2.05) is 0 Å². The maximum absolute atomic E-state index is 12.7. The molecule has 8 heteroatoms. The smallest absolute Gasteiger partial charge is 0.339 e. The predicted molar refractivity (Wildman–Crippen MR) is 95.2 cm³/mol. The van der Waals surface area contributed by atoms with Crippen LogP contribution in [0.25, 0.3) is 10.9 Å². The lowest BCUT2D eigenvalue weighted by Gasteiger charge is -2.05. The number of rotatable bonds is 5. The third-order valence-electron chi connectivity index (χ3n) is 3.89. The number of H-pyrrole nitrogens is 1. The zero-order valence-corrected chi connectivity index (χ0v) is 13.8. The number of hydrogen-bond acceptors (Lipinski definition) is 6. The highest BCUT2D eigenvalue weighted by Crippen LogP contribution is 2.33. The number of fused-ring (bicyclic) bond motifs is 1. The number of anilines is 1. The van der Waals surface area contributed by atoms with E-state index in [1.54, 1.807) is 37.3 Å². The van der Waals surface area contributed by atoms with Crippen LogP contribution in [0.4, 0.5) is 11.4 Å². The molecule has 0 aliphatic carbocycles. The summed E-state index contributed by atoms with van der Waals surface area (Å²) in [6, 6.07) is 10.8. The summed E-state index contributed by atoms with van der Waals surface area (Å²) in [6.45, 7) is 1.72. The molecular formula is C18H15N3O5. The van der Waals surface area contributed by atoms with Gasteiger partial charge in [0.05, 0.1) is 28.3 Å². The predicted octanol–water partition coefficient (Wildman–Crippen LogP) is 3.07. The molecule has 3 rings (SSSR count). The third kappa shape index (κ3) is 2.88. The molecule has 0 atom stereocenters. The summed E-state index contributed by atoms with van der Waals surface area (Å²) in [7, 11) is 0. The van der Waals surface area contributed by atoms with Crippen LogP contribution in [0.2, 0.25) is 0 Å². The molecule has 1 aromatic heterocycles. The Labute approximate surface area is 147 Å². The molecule has 0 bridgehead atoms. The summed E-state index contributed by atoms with van der Waals surface area (Å²) in [4.78, 5) is 38.3. The summed E-state index contributed by atoms with van der Waals surface area (Å²) in [5.41, 5.74) is 6.48. The van der Waals surface area contributed by atoms with Crippen LogP contribution in [-0.2, 0) is 4.74 Å². The lowest BCUT2D eigenvalue weighted by molar-refractivity contribution is -0.384. The number of nitrogens with zero attached hydrogens (tertiary/aromatic N) is 1. The average molecular weight is 353 g/mol. The van der Waals surface area contributed by atoms with Crippen LogP contribution in [0.5, 0.6) is 0 Å². The van der Waals surface area contributed by atoms with Crippen molar-refractivity contribution in [2.75, 3.05) is 12.3 Å². The molecular weight excluding hydrogens is 338 g/mol. The van der Waals surface area contributed by atoms with Crippen LogP contribution in [0.3, 0.4) is 0 Å². The van der Waals surface area contributed by atoms with Gasteiger partial charge in [0.1, 0.15) is 5.69 Å². The fourth-order valence-electron chi connectivity index (χ4n) is 2.73. The second-order valence-electron chi connectivity index (χ2n) is 5.50. The van der Waals surface area contributed by atoms with E-state index in [9.17, 15) is 19.7 Å². The average Bonchev–Trinajstić information content (AvgIpc) is 2.98. The topological polar surface area (TPSA) is 128 Å². The Kier molecular flexibility index (Phi) is 4.40. The minimum absolute atomic E-state index is 0.0480. The number of non-ortho nitro benzene ring substituents is 1. The van der Waals surface area contributed by atoms with Gasteiger partial charge in [0.15, 0.2) is 0 Å². The van der Waals surface area contributed by atoms with Crippen LogP contribution in [0.1, 0.15) is 33.3 Å². The molecule has 0 saturated carbocycles. The van der Waals surface area contributed by atoms with Gasteiger partial charge in [-0.15, -0.1) is 0 Å². The van der Waals surface area contributed by atoms with E-state index < -0.39 is 10.9 Å².